The van der Waals surface area contributed by atoms with Gasteiger partial charge >= 0.3 is 0 Å². The first-order valence-corrected chi connectivity index (χ1v) is 8.96. The average Bonchev–Trinajstić information content (AvgIpc) is 3.44. The van der Waals surface area contributed by atoms with Gasteiger partial charge in [-0.1, -0.05) is 12.1 Å². The van der Waals surface area contributed by atoms with Crippen LogP contribution in [0.4, 0.5) is 0 Å². The molecule has 0 saturated heterocycles. The Labute approximate surface area is 151 Å². The summed E-state index contributed by atoms with van der Waals surface area (Å²) in [4.78, 5) is 4.24. The molecule has 6 heteroatoms. The first kappa shape index (κ1) is 19.5. The van der Waals surface area contributed by atoms with E-state index in [9.17, 15) is 0 Å². The lowest BCUT2D eigenvalue weighted by Gasteiger charge is -2.15. The normalized spacial score (nSPS) is 14.4. The molecule has 0 aromatic heterocycles. The van der Waals surface area contributed by atoms with Crippen LogP contribution in [0.2, 0.25) is 0 Å². The zero-order valence-electron chi connectivity index (χ0n) is 15.6. The molecule has 0 heterocycles. The van der Waals surface area contributed by atoms with E-state index in [4.69, 9.17) is 14.2 Å². The molecule has 2 N–H and O–H groups in total. The van der Waals surface area contributed by atoms with Crippen LogP contribution in [0.25, 0.3) is 0 Å². The SMILES string of the molecule is CN=C(NCCOCCOC)NCc1ccc(C)cc1OCC1CC1. The summed E-state index contributed by atoms with van der Waals surface area (Å²) < 4.78 is 16.4. The number of aliphatic imine (C=N–C) groups is 1. The quantitative estimate of drug-likeness (QED) is 0.364. The summed E-state index contributed by atoms with van der Waals surface area (Å²) in [7, 11) is 3.43. The first-order valence-electron chi connectivity index (χ1n) is 8.96. The summed E-state index contributed by atoms with van der Waals surface area (Å²) in [6.45, 7) is 6.12. The fourth-order valence-electron chi connectivity index (χ4n) is 2.32. The summed E-state index contributed by atoms with van der Waals surface area (Å²) in [6, 6.07) is 6.34. The second-order valence-electron chi connectivity index (χ2n) is 6.32. The topological polar surface area (TPSA) is 64.1 Å². The molecule has 0 aliphatic heterocycles. The molecule has 0 amide bonds. The van der Waals surface area contributed by atoms with Gasteiger partial charge in [-0.15, -0.1) is 0 Å². The minimum Gasteiger partial charge on any atom is -0.493 e. The molecule has 25 heavy (non-hydrogen) atoms. The summed E-state index contributed by atoms with van der Waals surface area (Å²) in [6.07, 6.45) is 2.59. The Bertz CT molecular complexity index is 545. The van der Waals surface area contributed by atoms with E-state index in [2.05, 4.69) is 40.7 Å². The van der Waals surface area contributed by atoms with Gasteiger partial charge in [-0.2, -0.15) is 0 Å². The van der Waals surface area contributed by atoms with E-state index in [1.54, 1.807) is 14.2 Å². The highest BCUT2D eigenvalue weighted by molar-refractivity contribution is 5.79. The van der Waals surface area contributed by atoms with Crippen LogP contribution in [0.5, 0.6) is 5.75 Å². The summed E-state index contributed by atoms with van der Waals surface area (Å²) in [5.74, 6) is 2.47. The molecule has 2 rings (SSSR count). The molecular formula is C19H31N3O3. The number of hydrogen-bond donors (Lipinski definition) is 2. The number of methoxy groups -OCH3 is 1. The second kappa shape index (κ2) is 10.9. The minimum absolute atomic E-state index is 0.606. The van der Waals surface area contributed by atoms with Crippen molar-refractivity contribution in [3.8, 4) is 5.75 Å². The highest BCUT2D eigenvalue weighted by atomic mass is 16.5. The Morgan fingerprint density at radius 2 is 2.04 bits per heavy atom. The van der Waals surface area contributed by atoms with Crippen LogP contribution in [0, 0.1) is 12.8 Å². The third-order valence-corrected chi connectivity index (χ3v) is 4.03. The van der Waals surface area contributed by atoms with Crippen LogP contribution < -0.4 is 15.4 Å². The van der Waals surface area contributed by atoms with Crippen molar-refractivity contribution in [2.75, 3.05) is 47.1 Å². The van der Waals surface area contributed by atoms with Crippen LogP contribution in [-0.4, -0.2) is 53.1 Å². The highest BCUT2D eigenvalue weighted by Gasteiger charge is 2.22. The molecule has 1 aromatic rings. The Kier molecular flexibility index (Phi) is 8.55. The molecular weight excluding hydrogens is 318 g/mol. The maximum Gasteiger partial charge on any atom is 0.191 e. The number of guanidine groups is 1. The monoisotopic (exact) mass is 349 g/mol. The van der Waals surface area contributed by atoms with Gasteiger partial charge in [0.2, 0.25) is 0 Å². The van der Waals surface area contributed by atoms with Gasteiger partial charge in [0, 0.05) is 32.8 Å². The minimum atomic E-state index is 0.606. The maximum atomic E-state index is 6.01. The van der Waals surface area contributed by atoms with E-state index in [0.717, 1.165) is 29.8 Å². The Morgan fingerprint density at radius 3 is 2.76 bits per heavy atom. The predicted octanol–water partition coefficient (Wildman–Crippen LogP) is 2.11. The highest BCUT2D eigenvalue weighted by Crippen LogP contribution is 2.30. The molecule has 1 aromatic carbocycles. The number of nitrogens with one attached hydrogen (secondary N) is 2. The van der Waals surface area contributed by atoms with Crippen LogP contribution in [0.15, 0.2) is 23.2 Å². The Hall–Kier alpha value is -1.79. The molecule has 0 spiro atoms. The van der Waals surface area contributed by atoms with Crippen LogP contribution in [0.1, 0.15) is 24.0 Å². The van der Waals surface area contributed by atoms with Gasteiger partial charge in [-0.25, -0.2) is 0 Å². The number of rotatable bonds is 11. The number of hydrogen-bond acceptors (Lipinski definition) is 4. The zero-order chi connectivity index (χ0) is 17.9. The summed E-state index contributed by atoms with van der Waals surface area (Å²) >= 11 is 0. The third-order valence-electron chi connectivity index (χ3n) is 4.03. The first-order chi connectivity index (χ1) is 12.2. The van der Waals surface area contributed by atoms with E-state index in [0.29, 0.717) is 32.9 Å². The molecule has 0 radical (unpaired) electrons. The lowest BCUT2D eigenvalue weighted by molar-refractivity contribution is 0.0733. The fraction of sp³-hybridized carbons (Fsp3) is 0.632. The van der Waals surface area contributed by atoms with Gasteiger partial charge in [0.15, 0.2) is 5.96 Å². The fourth-order valence-corrected chi connectivity index (χ4v) is 2.32. The largest absolute Gasteiger partial charge is 0.493 e. The van der Waals surface area contributed by atoms with Gasteiger partial charge in [0.1, 0.15) is 5.75 Å². The molecule has 0 bridgehead atoms. The van der Waals surface area contributed by atoms with E-state index in [1.165, 1.54) is 18.4 Å². The van der Waals surface area contributed by atoms with Gasteiger partial charge < -0.3 is 24.8 Å². The van der Waals surface area contributed by atoms with E-state index >= 15 is 0 Å². The van der Waals surface area contributed by atoms with Gasteiger partial charge in [0.05, 0.1) is 26.4 Å². The lowest BCUT2D eigenvalue weighted by atomic mass is 10.1. The standard InChI is InChI=1S/C19H31N3O3/c1-15-4-7-17(18(12-15)25-14-16-5-6-16)13-22-19(20-2)21-8-9-24-11-10-23-3/h4,7,12,16H,5-6,8-11,13-14H2,1-3H3,(H2,20,21,22). The number of ether oxygens (including phenoxy) is 3. The van der Waals surface area contributed by atoms with Crippen molar-refractivity contribution in [2.24, 2.45) is 10.9 Å². The van der Waals surface area contributed by atoms with Crippen molar-refractivity contribution in [2.45, 2.75) is 26.3 Å². The second-order valence-corrected chi connectivity index (χ2v) is 6.32. The lowest BCUT2D eigenvalue weighted by Crippen LogP contribution is -2.38. The molecule has 1 aliphatic rings. The molecule has 0 atom stereocenters. The Balaban J connectivity index is 1.75. The van der Waals surface area contributed by atoms with Crippen molar-refractivity contribution in [1.82, 2.24) is 10.6 Å². The van der Waals surface area contributed by atoms with E-state index < -0.39 is 0 Å². The van der Waals surface area contributed by atoms with Gasteiger partial charge in [0.25, 0.3) is 0 Å². The van der Waals surface area contributed by atoms with Crippen molar-refractivity contribution in [3.05, 3.63) is 29.3 Å². The van der Waals surface area contributed by atoms with E-state index in [1.807, 2.05) is 0 Å². The Morgan fingerprint density at radius 1 is 1.20 bits per heavy atom. The molecule has 0 unspecified atom stereocenters. The smallest absolute Gasteiger partial charge is 0.191 e. The molecule has 1 fully saturated rings. The molecule has 140 valence electrons. The van der Waals surface area contributed by atoms with Crippen molar-refractivity contribution >= 4 is 5.96 Å². The number of nitrogens with zero attached hydrogens (tertiary/aromatic N) is 1. The van der Waals surface area contributed by atoms with Crippen molar-refractivity contribution < 1.29 is 14.2 Å². The summed E-state index contributed by atoms with van der Waals surface area (Å²) in [5.41, 5.74) is 2.36. The average molecular weight is 349 g/mol. The molecule has 1 saturated carbocycles. The van der Waals surface area contributed by atoms with E-state index in [-0.39, 0.29) is 0 Å². The zero-order valence-corrected chi connectivity index (χ0v) is 15.6. The number of aryl methyl sites for hydroxylation is 1. The molecule has 1 aliphatic carbocycles. The van der Waals surface area contributed by atoms with Crippen molar-refractivity contribution in [3.63, 3.8) is 0 Å². The third kappa shape index (κ3) is 7.75. The van der Waals surface area contributed by atoms with Gasteiger partial charge in [-0.3, -0.25) is 4.99 Å². The van der Waals surface area contributed by atoms with Crippen LogP contribution >= 0.6 is 0 Å². The number of benzene rings is 1. The molecule has 6 nitrogen and oxygen atoms in total. The van der Waals surface area contributed by atoms with Gasteiger partial charge in [-0.05, 0) is 37.3 Å². The van der Waals surface area contributed by atoms with Crippen LogP contribution in [-0.2, 0) is 16.0 Å². The maximum absolute atomic E-state index is 6.01. The summed E-state index contributed by atoms with van der Waals surface area (Å²) in [5, 5.41) is 6.57. The predicted molar refractivity (Wildman–Crippen MR) is 100 cm³/mol. The van der Waals surface area contributed by atoms with Crippen molar-refractivity contribution in [1.29, 1.82) is 0 Å². The van der Waals surface area contributed by atoms with Crippen LogP contribution in [0.3, 0.4) is 0 Å².